The topological polar surface area (TPSA) is 32.3 Å². The van der Waals surface area contributed by atoms with Gasteiger partial charge in [-0.05, 0) is 30.7 Å². The Morgan fingerprint density at radius 2 is 2.29 bits per heavy atom. The number of hydrogen-bond acceptors (Lipinski definition) is 2. The lowest BCUT2D eigenvalue weighted by Gasteiger charge is -2.09. The van der Waals surface area contributed by atoms with Crippen molar-refractivity contribution in [3.05, 3.63) is 36.5 Å². The summed E-state index contributed by atoms with van der Waals surface area (Å²) in [7, 11) is 0. The molecule has 2 N–H and O–H groups in total. The number of anilines is 1. The molecule has 0 heterocycles. The maximum absolute atomic E-state index is 9.32. The molecule has 2 heteroatoms. The van der Waals surface area contributed by atoms with E-state index in [1.165, 1.54) is 12.0 Å². The summed E-state index contributed by atoms with van der Waals surface area (Å²) in [6.45, 7) is 5.78. The third kappa shape index (κ3) is 2.80. The van der Waals surface area contributed by atoms with Gasteiger partial charge in [0.2, 0.25) is 0 Å². The highest BCUT2D eigenvalue weighted by Crippen LogP contribution is 2.23. The van der Waals surface area contributed by atoms with E-state index < -0.39 is 0 Å². The maximum atomic E-state index is 9.32. The molecule has 76 valence electrons. The van der Waals surface area contributed by atoms with Gasteiger partial charge in [-0.1, -0.05) is 26.0 Å². The molecule has 0 saturated carbocycles. The first-order chi connectivity index (χ1) is 6.77. The van der Waals surface area contributed by atoms with Crippen molar-refractivity contribution in [2.24, 2.45) is 0 Å². The Balaban J connectivity index is 2.83. The molecule has 0 unspecified atom stereocenters. The molecule has 0 spiro atoms. The smallest absolute Gasteiger partial charge is 0.117 e. The Bertz CT molecular complexity index is 307. The Labute approximate surface area is 85.3 Å². The summed E-state index contributed by atoms with van der Waals surface area (Å²) in [5, 5.41) is 12.3. The fraction of sp³-hybridized carbons (Fsp3) is 0.333. The zero-order chi connectivity index (χ0) is 10.4. The van der Waals surface area contributed by atoms with Gasteiger partial charge < -0.3 is 10.4 Å². The predicted molar refractivity (Wildman–Crippen MR) is 60.5 cm³/mol. The highest BCUT2D eigenvalue weighted by molar-refractivity contribution is 5.56. The SMILES string of the molecule is C=CNc1cc(O)ccc1CCCC. The van der Waals surface area contributed by atoms with Crippen LogP contribution >= 0.6 is 0 Å². The molecular formula is C12H17NO. The average Bonchev–Trinajstić information content (AvgIpc) is 2.17. The van der Waals surface area contributed by atoms with E-state index in [0.717, 1.165) is 18.5 Å². The molecule has 1 aromatic rings. The van der Waals surface area contributed by atoms with E-state index in [1.807, 2.05) is 6.07 Å². The van der Waals surface area contributed by atoms with E-state index in [-0.39, 0.29) is 5.75 Å². The van der Waals surface area contributed by atoms with E-state index in [4.69, 9.17) is 0 Å². The number of hydrogen-bond donors (Lipinski definition) is 2. The molecule has 0 atom stereocenters. The summed E-state index contributed by atoms with van der Waals surface area (Å²) < 4.78 is 0. The Hall–Kier alpha value is -1.44. The fourth-order valence-electron chi connectivity index (χ4n) is 1.39. The van der Waals surface area contributed by atoms with Gasteiger partial charge in [-0.3, -0.25) is 0 Å². The molecule has 0 saturated heterocycles. The molecular weight excluding hydrogens is 174 g/mol. The zero-order valence-corrected chi connectivity index (χ0v) is 8.59. The second-order valence-electron chi connectivity index (χ2n) is 3.29. The van der Waals surface area contributed by atoms with Crippen LogP contribution in [-0.2, 0) is 6.42 Å². The molecule has 14 heavy (non-hydrogen) atoms. The van der Waals surface area contributed by atoms with Crippen LogP contribution in [0.2, 0.25) is 0 Å². The van der Waals surface area contributed by atoms with Crippen molar-refractivity contribution in [3.63, 3.8) is 0 Å². The van der Waals surface area contributed by atoms with E-state index in [1.54, 1.807) is 18.3 Å². The maximum Gasteiger partial charge on any atom is 0.117 e. The van der Waals surface area contributed by atoms with Crippen molar-refractivity contribution >= 4 is 5.69 Å². The molecule has 0 bridgehead atoms. The van der Waals surface area contributed by atoms with Gasteiger partial charge in [-0.2, -0.15) is 0 Å². The number of benzene rings is 1. The van der Waals surface area contributed by atoms with Gasteiger partial charge in [0, 0.05) is 11.8 Å². The molecule has 0 aliphatic rings. The number of rotatable bonds is 5. The lowest BCUT2D eigenvalue weighted by Crippen LogP contribution is -1.94. The van der Waals surface area contributed by atoms with Gasteiger partial charge >= 0.3 is 0 Å². The molecule has 0 aromatic heterocycles. The molecule has 2 nitrogen and oxygen atoms in total. The summed E-state index contributed by atoms with van der Waals surface area (Å²) in [5.74, 6) is 0.287. The minimum atomic E-state index is 0.287. The predicted octanol–water partition coefficient (Wildman–Crippen LogP) is 3.29. The van der Waals surface area contributed by atoms with Crippen LogP contribution in [0.25, 0.3) is 0 Å². The highest BCUT2D eigenvalue weighted by Gasteiger charge is 2.01. The first-order valence-electron chi connectivity index (χ1n) is 4.97. The first-order valence-corrected chi connectivity index (χ1v) is 4.97. The molecule has 0 amide bonds. The van der Waals surface area contributed by atoms with Crippen LogP contribution in [0.15, 0.2) is 31.0 Å². The minimum absolute atomic E-state index is 0.287. The zero-order valence-electron chi connectivity index (χ0n) is 8.59. The number of aryl methyl sites for hydroxylation is 1. The van der Waals surface area contributed by atoms with Crippen molar-refractivity contribution in [2.75, 3.05) is 5.32 Å². The van der Waals surface area contributed by atoms with Crippen molar-refractivity contribution in [3.8, 4) is 5.75 Å². The molecule has 1 aromatic carbocycles. The van der Waals surface area contributed by atoms with Gasteiger partial charge in [-0.15, -0.1) is 0 Å². The largest absolute Gasteiger partial charge is 0.508 e. The van der Waals surface area contributed by atoms with Crippen LogP contribution in [0, 0.1) is 0 Å². The van der Waals surface area contributed by atoms with Crippen molar-refractivity contribution in [2.45, 2.75) is 26.2 Å². The second-order valence-corrected chi connectivity index (χ2v) is 3.29. The molecule has 0 aliphatic carbocycles. The van der Waals surface area contributed by atoms with Gasteiger partial charge in [-0.25, -0.2) is 0 Å². The Kier molecular flexibility index (Phi) is 4.05. The Morgan fingerprint density at radius 3 is 2.93 bits per heavy atom. The summed E-state index contributed by atoms with van der Waals surface area (Å²) in [6.07, 6.45) is 5.00. The van der Waals surface area contributed by atoms with E-state index in [9.17, 15) is 5.11 Å². The Morgan fingerprint density at radius 1 is 1.50 bits per heavy atom. The van der Waals surface area contributed by atoms with Crippen LogP contribution in [0.5, 0.6) is 5.75 Å². The lowest BCUT2D eigenvalue weighted by atomic mass is 10.1. The summed E-state index contributed by atoms with van der Waals surface area (Å²) in [5.41, 5.74) is 2.18. The van der Waals surface area contributed by atoms with Crippen molar-refractivity contribution in [1.29, 1.82) is 0 Å². The number of nitrogens with one attached hydrogen (secondary N) is 1. The first kappa shape index (κ1) is 10.6. The number of phenols is 1. The normalized spacial score (nSPS) is 9.79. The molecule has 0 fully saturated rings. The third-order valence-electron chi connectivity index (χ3n) is 2.15. The molecule has 0 radical (unpaired) electrons. The van der Waals surface area contributed by atoms with Crippen LogP contribution in [-0.4, -0.2) is 5.11 Å². The van der Waals surface area contributed by atoms with Gasteiger partial charge in [0.15, 0.2) is 0 Å². The van der Waals surface area contributed by atoms with Crippen LogP contribution in [0.4, 0.5) is 5.69 Å². The van der Waals surface area contributed by atoms with Gasteiger partial charge in [0.25, 0.3) is 0 Å². The van der Waals surface area contributed by atoms with Gasteiger partial charge in [0.1, 0.15) is 5.75 Å². The number of phenolic OH excluding ortho intramolecular Hbond substituents is 1. The fourth-order valence-corrected chi connectivity index (χ4v) is 1.39. The monoisotopic (exact) mass is 191 g/mol. The minimum Gasteiger partial charge on any atom is -0.508 e. The van der Waals surface area contributed by atoms with Crippen LogP contribution < -0.4 is 5.32 Å². The lowest BCUT2D eigenvalue weighted by molar-refractivity contribution is 0.475. The van der Waals surface area contributed by atoms with E-state index in [2.05, 4.69) is 18.8 Å². The van der Waals surface area contributed by atoms with Crippen molar-refractivity contribution < 1.29 is 5.11 Å². The van der Waals surface area contributed by atoms with Gasteiger partial charge in [0.05, 0.1) is 0 Å². The third-order valence-corrected chi connectivity index (χ3v) is 2.15. The summed E-state index contributed by atoms with van der Waals surface area (Å²) in [4.78, 5) is 0. The summed E-state index contributed by atoms with van der Waals surface area (Å²) >= 11 is 0. The number of aromatic hydroxyl groups is 1. The molecule has 0 aliphatic heterocycles. The highest BCUT2D eigenvalue weighted by atomic mass is 16.3. The summed E-state index contributed by atoms with van der Waals surface area (Å²) in [6, 6.07) is 5.41. The number of unbranched alkanes of at least 4 members (excludes halogenated alkanes) is 1. The van der Waals surface area contributed by atoms with Crippen molar-refractivity contribution in [1.82, 2.24) is 0 Å². The standard InChI is InChI=1S/C12H17NO/c1-3-5-6-10-7-8-11(14)9-12(10)13-4-2/h4,7-9,13-14H,2-3,5-6H2,1H3. The second kappa shape index (κ2) is 5.32. The van der Waals surface area contributed by atoms with E-state index >= 15 is 0 Å². The van der Waals surface area contributed by atoms with E-state index in [0.29, 0.717) is 0 Å². The van der Waals surface area contributed by atoms with Crippen LogP contribution in [0.3, 0.4) is 0 Å². The molecule has 1 rings (SSSR count). The quantitative estimate of drug-likeness (QED) is 0.748. The van der Waals surface area contributed by atoms with Crippen LogP contribution in [0.1, 0.15) is 25.3 Å². The average molecular weight is 191 g/mol.